The van der Waals surface area contributed by atoms with E-state index in [0.29, 0.717) is 13.0 Å². The van der Waals surface area contributed by atoms with Crippen LogP contribution in [0.15, 0.2) is 36.5 Å². The minimum absolute atomic E-state index is 0.0487. The fourth-order valence-corrected chi connectivity index (χ4v) is 3.61. The molecule has 1 N–H and O–H groups in total. The van der Waals surface area contributed by atoms with Crippen molar-refractivity contribution in [2.24, 2.45) is 0 Å². The van der Waals surface area contributed by atoms with E-state index in [1.54, 1.807) is 18.2 Å². The third kappa shape index (κ3) is 3.74. The number of aromatic nitrogens is 2. The molecule has 0 bridgehead atoms. The van der Waals surface area contributed by atoms with E-state index >= 15 is 0 Å². The van der Waals surface area contributed by atoms with Crippen molar-refractivity contribution in [2.45, 2.75) is 33.2 Å². The molecule has 1 amide bonds. The Hall–Kier alpha value is -2.66. The number of nitrogens with one attached hydrogen (secondary N) is 1. The van der Waals surface area contributed by atoms with Crippen LogP contribution in [-0.4, -0.2) is 41.5 Å². The quantitative estimate of drug-likeness (QED) is 0.721. The van der Waals surface area contributed by atoms with E-state index < -0.39 is 0 Å². The Kier molecular flexibility index (Phi) is 5.61. The van der Waals surface area contributed by atoms with Crippen LogP contribution in [0.3, 0.4) is 0 Å². The van der Waals surface area contributed by atoms with Crippen LogP contribution in [0.4, 0.5) is 0 Å². The van der Waals surface area contributed by atoms with Crippen LogP contribution in [0.2, 0.25) is 0 Å². The Morgan fingerprint density at radius 1 is 1.19 bits per heavy atom. The number of pyridine rings is 1. The minimum Gasteiger partial charge on any atom is -0.382 e. The largest absolute Gasteiger partial charge is 0.382 e. The number of ether oxygens (including phenoxy) is 1. The number of amides is 1. The second-order valence-corrected chi connectivity index (χ2v) is 7.09. The number of methoxy groups -OCH3 is 1. The number of benzene rings is 1. The van der Waals surface area contributed by atoms with Crippen LogP contribution < -0.4 is 0 Å². The number of aryl methyl sites for hydroxylation is 3. The summed E-state index contributed by atoms with van der Waals surface area (Å²) in [6.07, 6.45) is 2.09. The molecule has 1 atom stereocenters. The molecule has 0 fully saturated rings. The van der Waals surface area contributed by atoms with Gasteiger partial charge in [-0.1, -0.05) is 18.2 Å². The van der Waals surface area contributed by atoms with Crippen LogP contribution in [-0.2, 0) is 16.0 Å². The molecule has 0 aliphatic rings. The van der Waals surface area contributed by atoms with Gasteiger partial charge in [-0.05, 0) is 49.6 Å². The van der Waals surface area contributed by atoms with Crippen LogP contribution in [0.25, 0.3) is 10.9 Å². The van der Waals surface area contributed by atoms with Gasteiger partial charge in [-0.3, -0.25) is 9.78 Å². The zero-order valence-corrected chi connectivity index (χ0v) is 16.7. The first-order valence-electron chi connectivity index (χ1n) is 9.17. The molecule has 5 heteroatoms. The molecular formula is C22H27N3O2. The number of rotatable bonds is 6. The van der Waals surface area contributed by atoms with E-state index in [4.69, 9.17) is 4.74 Å². The summed E-state index contributed by atoms with van der Waals surface area (Å²) in [6, 6.07) is 9.75. The molecule has 3 rings (SSSR count). The summed E-state index contributed by atoms with van der Waals surface area (Å²) in [5, 5.41) is 1.16. The Morgan fingerprint density at radius 2 is 1.93 bits per heavy atom. The number of carbonyl (C=O) groups excluding carboxylic acids is 1. The fraction of sp³-hybridized carbons (Fsp3) is 0.364. The lowest BCUT2D eigenvalue weighted by Crippen LogP contribution is -2.35. The maximum Gasteiger partial charge on any atom is 0.227 e. The standard InChI is InChI=1S/C22H27N3O2/c1-14-9-10-15(2)22-21(14)17(16(3)24-22)12-20(26)25(4)19(13-27-5)18-8-6-7-11-23-18/h6-11,19,24H,12-13H2,1-5H3. The van der Waals surface area contributed by atoms with Crippen molar-refractivity contribution in [1.29, 1.82) is 0 Å². The summed E-state index contributed by atoms with van der Waals surface area (Å²) in [7, 11) is 3.47. The van der Waals surface area contributed by atoms with Crippen molar-refractivity contribution < 1.29 is 9.53 Å². The molecule has 0 radical (unpaired) electrons. The van der Waals surface area contributed by atoms with Gasteiger partial charge >= 0.3 is 0 Å². The molecule has 0 aliphatic heterocycles. The first kappa shape index (κ1) is 19.1. The molecule has 27 heavy (non-hydrogen) atoms. The molecule has 1 unspecified atom stereocenters. The number of hydrogen-bond acceptors (Lipinski definition) is 3. The van der Waals surface area contributed by atoms with Crippen molar-refractivity contribution in [3.05, 3.63) is 64.6 Å². The van der Waals surface area contributed by atoms with E-state index in [-0.39, 0.29) is 11.9 Å². The average Bonchev–Trinajstić information content (AvgIpc) is 3.00. The van der Waals surface area contributed by atoms with Gasteiger partial charge in [0, 0.05) is 37.0 Å². The first-order chi connectivity index (χ1) is 12.9. The smallest absolute Gasteiger partial charge is 0.227 e. The van der Waals surface area contributed by atoms with Gasteiger partial charge in [0.25, 0.3) is 0 Å². The molecule has 5 nitrogen and oxygen atoms in total. The summed E-state index contributed by atoms with van der Waals surface area (Å²) in [4.78, 5) is 22.7. The topological polar surface area (TPSA) is 58.2 Å². The molecule has 142 valence electrons. The minimum atomic E-state index is -0.211. The number of H-pyrrole nitrogens is 1. The average molecular weight is 365 g/mol. The second-order valence-electron chi connectivity index (χ2n) is 7.09. The van der Waals surface area contributed by atoms with Crippen molar-refractivity contribution in [3.63, 3.8) is 0 Å². The van der Waals surface area contributed by atoms with Crippen molar-refractivity contribution in [1.82, 2.24) is 14.9 Å². The van der Waals surface area contributed by atoms with Gasteiger partial charge in [0.1, 0.15) is 0 Å². The zero-order chi connectivity index (χ0) is 19.6. The van der Waals surface area contributed by atoms with Gasteiger partial charge in [0.2, 0.25) is 5.91 Å². The van der Waals surface area contributed by atoms with E-state index in [9.17, 15) is 4.79 Å². The Balaban J connectivity index is 1.91. The van der Waals surface area contributed by atoms with Crippen LogP contribution in [0.5, 0.6) is 0 Å². The van der Waals surface area contributed by atoms with Gasteiger partial charge in [-0.2, -0.15) is 0 Å². The maximum atomic E-state index is 13.1. The van der Waals surface area contributed by atoms with E-state index in [0.717, 1.165) is 27.9 Å². The lowest BCUT2D eigenvalue weighted by atomic mass is 10.0. The molecule has 0 aliphatic carbocycles. The normalized spacial score (nSPS) is 12.3. The third-order valence-electron chi connectivity index (χ3n) is 5.23. The monoisotopic (exact) mass is 365 g/mol. The highest BCUT2D eigenvalue weighted by Gasteiger charge is 2.24. The molecule has 0 saturated heterocycles. The number of nitrogens with zero attached hydrogens (tertiary/aromatic N) is 2. The van der Waals surface area contributed by atoms with Crippen LogP contribution in [0, 0.1) is 20.8 Å². The highest BCUT2D eigenvalue weighted by Crippen LogP contribution is 2.29. The molecule has 0 saturated carbocycles. The Morgan fingerprint density at radius 3 is 2.59 bits per heavy atom. The predicted molar refractivity (Wildman–Crippen MR) is 108 cm³/mol. The fourth-order valence-electron chi connectivity index (χ4n) is 3.61. The molecule has 2 aromatic heterocycles. The van der Waals surface area contributed by atoms with Crippen molar-refractivity contribution in [3.8, 4) is 0 Å². The van der Waals surface area contributed by atoms with E-state index in [1.165, 1.54) is 11.1 Å². The molecule has 1 aromatic carbocycles. The third-order valence-corrected chi connectivity index (χ3v) is 5.23. The number of likely N-dealkylation sites (N-methyl/N-ethyl adjacent to an activating group) is 1. The molecule has 3 aromatic rings. The van der Waals surface area contributed by atoms with Gasteiger partial charge in [0.05, 0.1) is 24.8 Å². The first-order valence-corrected chi connectivity index (χ1v) is 9.17. The van der Waals surface area contributed by atoms with Gasteiger partial charge < -0.3 is 14.6 Å². The summed E-state index contributed by atoms with van der Waals surface area (Å²) < 4.78 is 5.35. The summed E-state index contributed by atoms with van der Waals surface area (Å²) >= 11 is 0. The Bertz CT molecular complexity index is 947. The summed E-state index contributed by atoms with van der Waals surface area (Å²) in [6.45, 7) is 6.62. The van der Waals surface area contributed by atoms with Crippen molar-refractivity contribution >= 4 is 16.8 Å². The lowest BCUT2D eigenvalue weighted by molar-refractivity contribution is -0.132. The highest BCUT2D eigenvalue weighted by atomic mass is 16.5. The van der Waals surface area contributed by atoms with Gasteiger partial charge in [-0.15, -0.1) is 0 Å². The maximum absolute atomic E-state index is 13.1. The molecular weight excluding hydrogens is 338 g/mol. The number of carbonyl (C=O) groups is 1. The summed E-state index contributed by atoms with van der Waals surface area (Å²) in [5.74, 6) is 0.0487. The van der Waals surface area contributed by atoms with Crippen molar-refractivity contribution in [2.75, 3.05) is 20.8 Å². The molecule has 2 heterocycles. The van der Waals surface area contributed by atoms with Gasteiger partial charge in [0.15, 0.2) is 0 Å². The van der Waals surface area contributed by atoms with E-state index in [2.05, 4.69) is 35.9 Å². The summed E-state index contributed by atoms with van der Waals surface area (Å²) in [5.41, 5.74) is 6.44. The zero-order valence-electron chi connectivity index (χ0n) is 16.7. The van der Waals surface area contributed by atoms with Crippen LogP contribution >= 0.6 is 0 Å². The SMILES string of the molecule is COCC(c1ccccn1)N(C)C(=O)Cc1c(C)[nH]c2c(C)ccc(C)c12. The van der Waals surface area contributed by atoms with Crippen LogP contribution in [0.1, 0.15) is 34.1 Å². The highest BCUT2D eigenvalue weighted by molar-refractivity contribution is 5.93. The lowest BCUT2D eigenvalue weighted by Gasteiger charge is -2.27. The second kappa shape index (κ2) is 7.92. The molecule has 0 spiro atoms. The van der Waals surface area contributed by atoms with E-state index in [1.807, 2.05) is 32.2 Å². The predicted octanol–water partition coefficient (Wildman–Crippen LogP) is 3.88. The number of fused-ring (bicyclic) bond motifs is 1. The number of aromatic amines is 1. The Labute approximate surface area is 160 Å². The number of hydrogen-bond donors (Lipinski definition) is 1. The van der Waals surface area contributed by atoms with Gasteiger partial charge in [-0.25, -0.2) is 0 Å².